The molecule has 0 atom stereocenters. The van der Waals surface area contributed by atoms with Gasteiger partial charge in [0.2, 0.25) is 0 Å². The lowest BCUT2D eigenvalue weighted by Gasteiger charge is -2.29. The zero-order chi connectivity index (χ0) is 15.3. The number of aryl methyl sites for hydroxylation is 1. The minimum absolute atomic E-state index is 0.174. The highest BCUT2D eigenvalue weighted by molar-refractivity contribution is 5.95. The predicted molar refractivity (Wildman–Crippen MR) is 81.0 cm³/mol. The van der Waals surface area contributed by atoms with Gasteiger partial charge >= 0.3 is 0 Å². The molecule has 0 saturated heterocycles. The van der Waals surface area contributed by atoms with Crippen LogP contribution in [0.3, 0.4) is 0 Å². The molecule has 0 aromatic heterocycles. The summed E-state index contributed by atoms with van der Waals surface area (Å²) in [7, 11) is 0. The van der Waals surface area contributed by atoms with Crippen LogP contribution in [0.15, 0.2) is 18.2 Å². The summed E-state index contributed by atoms with van der Waals surface area (Å²) < 4.78 is 0. The van der Waals surface area contributed by atoms with Gasteiger partial charge in [0.25, 0.3) is 5.91 Å². The van der Waals surface area contributed by atoms with Crippen molar-refractivity contribution in [1.29, 1.82) is 5.26 Å². The molecule has 0 radical (unpaired) electrons. The monoisotopic (exact) mass is 286 g/mol. The Bertz CT molecular complexity index is 552. The van der Waals surface area contributed by atoms with Gasteiger partial charge in [-0.25, -0.2) is 0 Å². The van der Waals surface area contributed by atoms with Crippen LogP contribution in [-0.2, 0) is 0 Å². The van der Waals surface area contributed by atoms with E-state index in [2.05, 4.69) is 11.4 Å². The van der Waals surface area contributed by atoms with Crippen LogP contribution in [0.4, 0.5) is 0 Å². The van der Waals surface area contributed by atoms with Gasteiger partial charge in [0.1, 0.15) is 11.3 Å². The van der Waals surface area contributed by atoms with Crippen molar-refractivity contribution >= 4 is 5.91 Å². The van der Waals surface area contributed by atoms with Crippen molar-refractivity contribution < 1.29 is 9.90 Å². The van der Waals surface area contributed by atoms with Gasteiger partial charge in [-0.1, -0.05) is 32.1 Å². The van der Waals surface area contributed by atoms with Crippen LogP contribution < -0.4 is 5.32 Å². The molecule has 4 heteroatoms. The molecule has 0 unspecified atom stereocenters. The molecule has 1 amide bonds. The average Bonchev–Trinajstić information content (AvgIpc) is 2.45. The highest BCUT2D eigenvalue weighted by Crippen LogP contribution is 2.26. The van der Waals surface area contributed by atoms with Crippen LogP contribution in [-0.4, -0.2) is 16.6 Å². The van der Waals surface area contributed by atoms with Gasteiger partial charge in [-0.05, 0) is 43.5 Å². The number of amides is 1. The molecular weight excluding hydrogens is 264 g/mol. The standard InChI is InChI=1S/C17H22N2O2/c1-13-11-14(7-8-15(13)20)16(21)19-17(12-18)9-5-3-2-4-6-10-17/h7-8,11,20H,2-6,9-10H2,1H3,(H,19,21). The van der Waals surface area contributed by atoms with Crippen molar-refractivity contribution in [2.75, 3.05) is 0 Å². The predicted octanol–water partition coefficient (Wildman–Crippen LogP) is 3.44. The fraction of sp³-hybridized carbons (Fsp3) is 0.529. The lowest BCUT2D eigenvalue weighted by atomic mass is 9.85. The van der Waals surface area contributed by atoms with Gasteiger partial charge in [0.05, 0.1) is 6.07 Å². The normalized spacial score (nSPS) is 18.1. The number of carbonyl (C=O) groups excluding carboxylic acids is 1. The zero-order valence-electron chi connectivity index (χ0n) is 12.5. The number of phenols is 1. The molecule has 1 aromatic carbocycles. The second-order valence-corrected chi connectivity index (χ2v) is 5.92. The van der Waals surface area contributed by atoms with Gasteiger partial charge in [-0.15, -0.1) is 0 Å². The highest BCUT2D eigenvalue weighted by Gasteiger charge is 2.32. The number of hydrogen-bond donors (Lipinski definition) is 2. The summed E-state index contributed by atoms with van der Waals surface area (Å²) in [6.45, 7) is 1.75. The molecule has 21 heavy (non-hydrogen) atoms. The van der Waals surface area contributed by atoms with Gasteiger partial charge in [0.15, 0.2) is 0 Å². The third-order valence-electron chi connectivity index (χ3n) is 4.23. The first-order valence-electron chi connectivity index (χ1n) is 7.60. The topological polar surface area (TPSA) is 73.1 Å². The summed E-state index contributed by atoms with van der Waals surface area (Å²) in [5.41, 5.74) is 0.400. The zero-order valence-corrected chi connectivity index (χ0v) is 12.5. The van der Waals surface area contributed by atoms with Crippen molar-refractivity contribution in [3.05, 3.63) is 29.3 Å². The maximum Gasteiger partial charge on any atom is 0.252 e. The molecule has 2 rings (SSSR count). The Morgan fingerprint density at radius 2 is 1.86 bits per heavy atom. The number of phenolic OH excluding ortho intramolecular Hbond substituents is 1. The van der Waals surface area contributed by atoms with E-state index in [1.807, 2.05) is 0 Å². The third kappa shape index (κ3) is 3.75. The number of carbonyl (C=O) groups is 1. The quantitative estimate of drug-likeness (QED) is 0.874. The van der Waals surface area contributed by atoms with E-state index in [9.17, 15) is 15.2 Å². The van der Waals surface area contributed by atoms with Gasteiger partial charge in [0, 0.05) is 5.56 Å². The number of nitrogens with one attached hydrogen (secondary N) is 1. The smallest absolute Gasteiger partial charge is 0.252 e. The Hall–Kier alpha value is -2.02. The molecule has 1 fully saturated rings. The molecule has 1 saturated carbocycles. The number of benzene rings is 1. The van der Waals surface area contributed by atoms with Crippen LogP contribution in [0.25, 0.3) is 0 Å². The second-order valence-electron chi connectivity index (χ2n) is 5.92. The van der Waals surface area contributed by atoms with Crippen LogP contribution in [0, 0.1) is 18.3 Å². The summed E-state index contributed by atoms with van der Waals surface area (Å²) >= 11 is 0. The molecule has 4 nitrogen and oxygen atoms in total. The number of nitriles is 1. The fourth-order valence-corrected chi connectivity index (χ4v) is 2.86. The molecule has 1 aromatic rings. The summed E-state index contributed by atoms with van der Waals surface area (Å²) in [6, 6.07) is 7.09. The first-order valence-corrected chi connectivity index (χ1v) is 7.60. The molecular formula is C17H22N2O2. The Balaban J connectivity index is 2.14. The summed E-state index contributed by atoms with van der Waals surface area (Å²) in [6.07, 6.45) is 6.84. The van der Waals surface area contributed by atoms with Gasteiger partial charge in [-0.2, -0.15) is 5.26 Å². The molecule has 1 aliphatic carbocycles. The molecule has 1 aliphatic rings. The number of nitrogens with zero attached hydrogens (tertiary/aromatic N) is 1. The first kappa shape index (κ1) is 15.4. The summed E-state index contributed by atoms with van der Waals surface area (Å²) in [5.74, 6) is -0.0623. The minimum Gasteiger partial charge on any atom is -0.508 e. The van der Waals surface area contributed by atoms with Crippen LogP contribution in [0.1, 0.15) is 60.9 Å². The van der Waals surface area contributed by atoms with Gasteiger partial charge < -0.3 is 10.4 Å². The van der Waals surface area contributed by atoms with Crippen molar-refractivity contribution in [1.82, 2.24) is 5.32 Å². The lowest BCUT2D eigenvalue weighted by molar-refractivity contribution is 0.0907. The highest BCUT2D eigenvalue weighted by atomic mass is 16.3. The average molecular weight is 286 g/mol. The maximum absolute atomic E-state index is 12.4. The Labute approximate surface area is 125 Å². The van der Waals surface area contributed by atoms with Crippen molar-refractivity contribution in [3.63, 3.8) is 0 Å². The van der Waals surface area contributed by atoms with E-state index < -0.39 is 5.54 Å². The van der Waals surface area contributed by atoms with Crippen LogP contribution in [0.2, 0.25) is 0 Å². The van der Waals surface area contributed by atoms with Gasteiger partial charge in [-0.3, -0.25) is 4.79 Å². The van der Waals surface area contributed by atoms with Crippen LogP contribution >= 0.6 is 0 Å². The molecule has 0 bridgehead atoms. The van der Waals surface area contributed by atoms with E-state index in [1.165, 1.54) is 12.5 Å². The maximum atomic E-state index is 12.4. The number of hydrogen-bond acceptors (Lipinski definition) is 3. The van der Waals surface area contributed by atoms with E-state index >= 15 is 0 Å². The van der Waals surface area contributed by atoms with Crippen molar-refractivity contribution in [3.8, 4) is 11.8 Å². The molecule has 0 heterocycles. The molecule has 112 valence electrons. The van der Waals surface area contributed by atoms with E-state index in [1.54, 1.807) is 19.1 Å². The van der Waals surface area contributed by atoms with Crippen molar-refractivity contribution in [2.45, 2.75) is 57.4 Å². The lowest BCUT2D eigenvalue weighted by Crippen LogP contribution is -2.47. The van der Waals surface area contributed by atoms with E-state index in [-0.39, 0.29) is 11.7 Å². The van der Waals surface area contributed by atoms with E-state index in [0.29, 0.717) is 24.0 Å². The number of rotatable bonds is 2. The van der Waals surface area contributed by atoms with E-state index in [4.69, 9.17) is 0 Å². The molecule has 0 spiro atoms. The fourth-order valence-electron chi connectivity index (χ4n) is 2.86. The summed E-state index contributed by atoms with van der Waals surface area (Å²) in [5, 5.41) is 22.0. The van der Waals surface area contributed by atoms with Crippen LogP contribution in [0.5, 0.6) is 5.75 Å². The second kappa shape index (κ2) is 6.62. The van der Waals surface area contributed by atoms with E-state index in [0.717, 1.165) is 25.7 Å². The largest absolute Gasteiger partial charge is 0.508 e. The summed E-state index contributed by atoms with van der Waals surface area (Å²) in [4.78, 5) is 12.4. The number of aromatic hydroxyl groups is 1. The Morgan fingerprint density at radius 3 is 2.43 bits per heavy atom. The Morgan fingerprint density at radius 1 is 1.24 bits per heavy atom. The third-order valence-corrected chi connectivity index (χ3v) is 4.23. The van der Waals surface area contributed by atoms with Crippen molar-refractivity contribution in [2.24, 2.45) is 0 Å². The molecule has 2 N–H and O–H groups in total. The minimum atomic E-state index is -0.747. The Kier molecular flexibility index (Phi) is 4.85. The SMILES string of the molecule is Cc1cc(C(=O)NC2(C#N)CCCCCCC2)ccc1O. The first-order chi connectivity index (χ1) is 10.1. The molecule has 0 aliphatic heterocycles.